The predicted molar refractivity (Wildman–Crippen MR) is 81.7 cm³/mol. The van der Waals surface area contributed by atoms with Gasteiger partial charge in [0.25, 0.3) is 0 Å². The second-order valence-corrected chi connectivity index (χ2v) is 5.71. The summed E-state index contributed by atoms with van der Waals surface area (Å²) in [4.78, 5) is 23.1. The fourth-order valence-corrected chi connectivity index (χ4v) is 2.16. The number of carboxylic acids is 1. The van der Waals surface area contributed by atoms with Crippen LogP contribution in [0.5, 0.6) is 0 Å². The van der Waals surface area contributed by atoms with Crippen molar-refractivity contribution in [3.05, 3.63) is 35.9 Å². The molecule has 0 heterocycles. The van der Waals surface area contributed by atoms with E-state index < -0.39 is 17.9 Å². The largest absolute Gasteiger partial charge is 0.481 e. The molecular formula is C16H24N2O3. The van der Waals surface area contributed by atoms with E-state index in [4.69, 9.17) is 10.8 Å². The number of rotatable bonds is 8. The number of carboxylic acid groups (broad SMARTS) is 1. The molecule has 0 spiro atoms. The van der Waals surface area contributed by atoms with Crippen molar-refractivity contribution in [3.63, 3.8) is 0 Å². The summed E-state index contributed by atoms with van der Waals surface area (Å²) in [6, 6.07) is 8.84. The zero-order chi connectivity index (χ0) is 15.8. The molecule has 2 atom stereocenters. The van der Waals surface area contributed by atoms with E-state index in [2.05, 4.69) is 5.32 Å². The molecule has 0 aliphatic heterocycles. The van der Waals surface area contributed by atoms with E-state index in [1.807, 2.05) is 44.2 Å². The number of amides is 1. The number of hydrogen-bond acceptors (Lipinski definition) is 3. The Morgan fingerprint density at radius 3 is 2.38 bits per heavy atom. The summed E-state index contributed by atoms with van der Waals surface area (Å²) in [5.41, 5.74) is 6.84. The monoisotopic (exact) mass is 292 g/mol. The van der Waals surface area contributed by atoms with Gasteiger partial charge >= 0.3 is 5.97 Å². The van der Waals surface area contributed by atoms with Crippen molar-refractivity contribution in [1.82, 2.24) is 5.32 Å². The molecule has 5 nitrogen and oxygen atoms in total. The van der Waals surface area contributed by atoms with Crippen molar-refractivity contribution < 1.29 is 14.7 Å². The standard InChI is InChI=1S/C16H24N2O3/c1-11(2)8-13(16(20)21)10-18-15(19)14(17)9-12-6-4-3-5-7-12/h3-7,11,13-14H,8-10,17H2,1-2H3,(H,18,19)(H,20,21). The molecule has 0 aliphatic rings. The number of carbonyl (C=O) groups is 2. The molecule has 0 saturated carbocycles. The molecule has 21 heavy (non-hydrogen) atoms. The molecule has 1 rings (SSSR count). The molecule has 1 amide bonds. The minimum Gasteiger partial charge on any atom is -0.481 e. The van der Waals surface area contributed by atoms with Crippen molar-refractivity contribution >= 4 is 11.9 Å². The summed E-state index contributed by atoms with van der Waals surface area (Å²) >= 11 is 0. The zero-order valence-electron chi connectivity index (χ0n) is 12.6. The van der Waals surface area contributed by atoms with E-state index in [0.717, 1.165) is 5.56 Å². The highest BCUT2D eigenvalue weighted by atomic mass is 16.4. The first-order chi connectivity index (χ1) is 9.90. The lowest BCUT2D eigenvalue weighted by Gasteiger charge is -2.17. The normalized spacial score (nSPS) is 13.7. The number of nitrogens with two attached hydrogens (primary N) is 1. The minimum absolute atomic E-state index is 0.120. The van der Waals surface area contributed by atoms with Gasteiger partial charge in [0.2, 0.25) is 5.91 Å². The van der Waals surface area contributed by atoms with Crippen LogP contribution < -0.4 is 11.1 Å². The molecule has 1 aromatic rings. The first kappa shape index (κ1) is 17.2. The van der Waals surface area contributed by atoms with Crippen molar-refractivity contribution in [2.24, 2.45) is 17.6 Å². The van der Waals surface area contributed by atoms with Crippen molar-refractivity contribution in [2.45, 2.75) is 32.7 Å². The van der Waals surface area contributed by atoms with E-state index in [1.165, 1.54) is 0 Å². The Balaban J connectivity index is 2.46. The Morgan fingerprint density at radius 2 is 1.86 bits per heavy atom. The Morgan fingerprint density at radius 1 is 1.24 bits per heavy atom. The van der Waals surface area contributed by atoms with Crippen molar-refractivity contribution in [3.8, 4) is 0 Å². The second kappa shape index (κ2) is 8.42. The highest BCUT2D eigenvalue weighted by Gasteiger charge is 2.21. The fourth-order valence-electron chi connectivity index (χ4n) is 2.16. The van der Waals surface area contributed by atoms with Gasteiger partial charge in [-0.2, -0.15) is 0 Å². The Bertz CT molecular complexity index is 460. The number of aliphatic carboxylic acids is 1. The van der Waals surface area contributed by atoms with Crippen LogP contribution in [0.2, 0.25) is 0 Å². The quantitative estimate of drug-likeness (QED) is 0.675. The summed E-state index contributed by atoms with van der Waals surface area (Å²) in [6.07, 6.45) is 0.970. The van der Waals surface area contributed by atoms with Gasteiger partial charge in [0.05, 0.1) is 12.0 Å². The van der Waals surface area contributed by atoms with Gasteiger partial charge < -0.3 is 16.2 Å². The Hall–Kier alpha value is -1.88. The van der Waals surface area contributed by atoms with Crippen LogP contribution in [0.3, 0.4) is 0 Å². The summed E-state index contributed by atoms with van der Waals surface area (Å²) < 4.78 is 0. The number of hydrogen-bond donors (Lipinski definition) is 3. The van der Waals surface area contributed by atoms with Crippen LogP contribution in [-0.2, 0) is 16.0 Å². The number of carbonyl (C=O) groups excluding carboxylic acids is 1. The van der Waals surface area contributed by atoms with Gasteiger partial charge in [0, 0.05) is 6.54 Å². The van der Waals surface area contributed by atoms with Gasteiger partial charge in [-0.05, 0) is 24.3 Å². The SMILES string of the molecule is CC(C)CC(CNC(=O)C(N)Cc1ccccc1)C(=O)O. The fraction of sp³-hybridized carbons (Fsp3) is 0.500. The van der Waals surface area contributed by atoms with E-state index in [0.29, 0.717) is 12.8 Å². The second-order valence-electron chi connectivity index (χ2n) is 5.71. The smallest absolute Gasteiger partial charge is 0.308 e. The molecule has 1 aromatic carbocycles. The summed E-state index contributed by atoms with van der Waals surface area (Å²) in [6.45, 7) is 4.03. The van der Waals surface area contributed by atoms with Crippen LogP contribution in [0.1, 0.15) is 25.8 Å². The maximum Gasteiger partial charge on any atom is 0.308 e. The molecule has 0 aromatic heterocycles. The molecular weight excluding hydrogens is 268 g/mol. The van der Waals surface area contributed by atoms with Gasteiger partial charge in [-0.15, -0.1) is 0 Å². The molecule has 0 radical (unpaired) electrons. The van der Waals surface area contributed by atoms with Crippen LogP contribution in [0.4, 0.5) is 0 Å². The maximum absolute atomic E-state index is 11.9. The van der Waals surface area contributed by atoms with E-state index in [1.54, 1.807) is 0 Å². The Kier molecular flexibility index (Phi) is 6.88. The molecule has 4 N–H and O–H groups in total. The summed E-state index contributed by atoms with van der Waals surface area (Å²) in [7, 11) is 0. The van der Waals surface area contributed by atoms with Crippen LogP contribution in [0, 0.1) is 11.8 Å². The average Bonchev–Trinajstić information content (AvgIpc) is 2.43. The van der Waals surface area contributed by atoms with Crippen LogP contribution in [0.15, 0.2) is 30.3 Å². The first-order valence-electron chi connectivity index (χ1n) is 7.20. The number of nitrogens with one attached hydrogen (secondary N) is 1. The molecule has 0 bridgehead atoms. The molecule has 0 saturated heterocycles. The van der Waals surface area contributed by atoms with Gasteiger partial charge in [0.1, 0.15) is 0 Å². The summed E-state index contributed by atoms with van der Waals surface area (Å²) in [5.74, 6) is -1.51. The molecule has 116 valence electrons. The van der Waals surface area contributed by atoms with E-state index in [-0.39, 0.29) is 18.4 Å². The minimum atomic E-state index is -0.888. The third kappa shape index (κ3) is 6.40. The highest BCUT2D eigenvalue weighted by Crippen LogP contribution is 2.11. The number of benzene rings is 1. The molecule has 0 aliphatic carbocycles. The average molecular weight is 292 g/mol. The molecule has 0 fully saturated rings. The van der Waals surface area contributed by atoms with Crippen LogP contribution in [-0.4, -0.2) is 29.6 Å². The Labute approximate surface area is 125 Å². The van der Waals surface area contributed by atoms with Gasteiger partial charge in [-0.25, -0.2) is 0 Å². The highest BCUT2D eigenvalue weighted by molar-refractivity contribution is 5.82. The van der Waals surface area contributed by atoms with Crippen LogP contribution >= 0.6 is 0 Å². The lowest BCUT2D eigenvalue weighted by atomic mass is 9.97. The maximum atomic E-state index is 11.9. The predicted octanol–water partition coefficient (Wildman–Crippen LogP) is 1.42. The van der Waals surface area contributed by atoms with Gasteiger partial charge in [-0.1, -0.05) is 44.2 Å². The molecule has 2 unspecified atom stereocenters. The van der Waals surface area contributed by atoms with Gasteiger partial charge in [0.15, 0.2) is 0 Å². The topological polar surface area (TPSA) is 92.4 Å². The van der Waals surface area contributed by atoms with Crippen molar-refractivity contribution in [1.29, 1.82) is 0 Å². The van der Waals surface area contributed by atoms with Crippen LogP contribution in [0.25, 0.3) is 0 Å². The van der Waals surface area contributed by atoms with E-state index in [9.17, 15) is 9.59 Å². The lowest BCUT2D eigenvalue weighted by molar-refractivity contribution is -0.142. The zero-order valence-corrected chi connectivity index (χ0v) is 12.6. The third-order valence-corrected chi connectivity index (χ3v) is 3.26. The molecule has 5 heteroatoms. The van der Waals surface area contributed by atoms with Gasteiger partial charge in [-0.3, -0.25) is 9.59 Å². The third-order valence-electron chi connectivity index (χ3n) is 3.26. The summed E-state index contributed by atoms with van der Waals surface area (Å²) in [5, 5.41) is 11.8. The van der Waals surface area contributed by atoms with E-state index >= 15 is 0 Å². The lowest BCUT2D eigenvalue weighted by Crippen LogP contribution is -2.44. The van der Waals surface area contributed by atoms with Crippen molar-refractivity contribution in [2.75, 3.05) is 6.54 Å². The first-order valence-corrected chi connectivity index (χ1v) is 7.20.